The summed E-state index contributed by atoms with van der Waals surface area (Å²) in [5, 5.41) is 12.8. The van der Waals surface area contributed by atoms with Crippen molar-refractivity contribution in [1.82, 2.24) is 19.5 Å². The molecule has 4 aromatic rings. The Hall–Kier alpha value is -4.08. The van der Waals surface area contributed by atoms with Crippen LogP contribution < -0.4 is 4.90 Å². The van der Waals surface area contributed by atoms with Gasteiger partial charge >= 0.3 is 6.09 Å². The lowest BCUT2D eigenvalue weighted by molar-refractivity contribution is -0.385. The first-order chi connectivity index (χ1) is 14.7. The maximum absolute atomic E-state index is 13.0. The van der Waals surface area contributed by atoms with Crippen LogP contribution in [0, 0.1) is 10.1 Å². The van der Waals surface area contributed by atoms with E-state index in [4.69, 9.17) is 4.74 Å². The summed E-state index contributed by atoms with van der Waals surface area (Å²) in [6.45, 7) is 5.25. The maximum Gasteiger partial charge on any atom is 0.421 e. The highest BCUT2D eigenvalue weighted by Gasteiger charge is 2.28. The molecule has 0 aromatic carbocycles. The number of hydrogen-bond donors (Lipinski definition) is 0. The molecule has 0 atom stereocenters. The number of nitro groups is 1. The van der Waals surface area contributed by atoms with Crippen molar-refractivity contribution in [2.24, 2.45) is 7.05 Å². The van der Waals surface area contributed by atoms with Crippen molar-refractivity contribution in [3.8, 4) is 0 Å². The van der Waals surface area contributed by atoms with E-state index in [9.17, 15) is 14.9 Å². The Bertz CT molecular complexity index is 1310. The second-order valence-electron chi connectivity index (χ2n) is 7.94. The molecule has 4 rings (SSSR count). The number of carbonyl (C=O) groups excluding carboxylic acids is 1. The van der Waals surface area contributed by atoms with Crippen LogP contribution in [-0.2, 0) is 11.8 Å². The zero-order valence-corrected chi connectivity index (χ0v) is 17.4. The summed E-state index contributed by atoms with van der Waals surface area (Å²) in [6, 6.07) is 8.09. The van der Waals surface area contributed by atoms with E-state index >= 15 is 0 Å². The van der Waals surface area contributed by atoms with E-state index in [2.05, 4.69) is 15.0 Å². The van der Waals surface area contributed by atoms with Gasteiger partial charge in [0.05, 0.1) is 10.4 Å². The zero-order valence-electron chi connectivity index (χ0n) is 17.4. The number of carbonyl (C=O) groups is 1. The molecule has 0 saturated carbocycles. The first-order valence-corrected chi connectivity index (χ1v) is 9.48. The molecule has 0 radical (unpaired) electrons. The lowest BCUT2D eigenvalue weighted by Crippen LogP contribution is -2.34. The largest absolute Gasteiger partial charge is 0.443 e. The number of ether oxygens (including phenoxy) is 1. The number of pyridine rings is 3. The SMILES string of the molecule is Cn1c2ccncc2c2ccc(N(C(=O)OC(C)(C)C)c3ccc([N+](=O)[O-])cn3)nc21. The molecule has 0 saturated heterocycles. The molecular formula is C21H20N6O4. The average molecular weight is 420 g/mol. The lowest BCUT2D eigenvalue weighted by atomic mass is 10.2. The van der Waals surface area contributed by atoms with Crippen LogP contribution in [-0.4, -0.2) is 36.1 Å². The topological polar surface area (TPSA) is 116 Å². The summed E-state index contributed by atoms with van der Waals surface area (Å²) in [6.07, 6.45) is 3.87. The number of hydrogen-bond acceptors (Lipinski definition) is 7. The summed E-state index contributed by atoms with van der Waals surface area (Å²) >= 11 is 0. The zero-order chi connectivity index (χ0) is 22.3. The molecule has 10 nitrogen and oxygen atoms in total. The van der Waals surface area contributed by atoms with Gasteiger partial charge in [-0.2, -0.15) is 0 Å². The second kappa shape index (κ2) is 7.31. The number of aryl methyl sites for hydroxylation is 1. The van der Waals surface area contributed by atoms with Gasteiger partial charge in [-0.1, -0.05) is 0 Å². The highest BCUT2D eigenvalue weighted by molar-refractivity contribution is 6.07. The summed E-state index contributed by atoms with van der Waals surface area (Å²) < 4.78 is 7.45. The number of nitrogens with zero attached hydrogens (tertiary/aromatic N) is 6. The summed E-state index contributed by atoms with van der Waals surface area (Å²) in [5.74, 6) is 0.439. The Morgan fingerprint density at radius 1 is 1.10 bits per heavy atom. The van der Waals surface area contributed by atoms with Crippen LogP contribution in [0.5, 0.6) is 0 Å². The highest BCUT2D eigenvalue weighted by Crippen LogP contribution is 2.31. The van der Waals surface area contributed by atoms with Gasteiger partial charge in [-0.3, -0.25) is 15.1 Å². The highest BCUT2D eigenvalue weighted by atomic mass is 16.6. The van der Waals surface area contributed by atoms with Crippen molar-refractivity contribution in [3.05, 3.63) is 59.0 Å². The molecule has 1 amide bonds. The van der Waals surface area contributed by atoms with Gasteiger partial charge in [0, 0.05) is 36.3 Å². The fraction of sp³-hybridized carbons (Fsp3) is 0.238. The van der Waals surface area contributed by atoms with Crippen molar-refractivity contribution in [3.63, 3.8) is 0 Å². The van der Waals surface area contributed by atoms with Crippen molar-refractivity contribution < 1.29 is 14.5 Å². The molecule has 4 heterocycles. The summed E-state index contributed by atoms with van der Waals surface area (Å²) in [7, 11) is 1.88. The Kier molecular flexibility index (Phi) is 4.77. The molecule has 4 aromatic heterocycles. The van der Waals surface area contributed by atoms with Gasteiger partial charge in [-0.05, 0) is 45.0 Å². The van der Waals surface area contributed by atoms with E-state index in [0.29, 0.717) is 5.65 Å². The van der Waals surface area contributed by atoms with E-state index in [1.54, 1.807) is 39.2 Å². The van der Waals surface area contributed by atoms with E-state index < -0.39 is 16.6 Å². The molecule has 0 aliphatic heterocycles. The molecule has 0 N–H and O–H groups in total. The molecule has 0 unspecified atom stereocenters. The third-order valence-electron chi connectivity index (χ3n) is 4.61. The second-order valence-corrected chi connectivity index (χ2v) is 7.94. The molecular weight excluding hydrogens is 400 g/mol. The third-order valence-corrected chi connectivity index (χ3v) is 4.61. The minimum absolute atomic E-state index is 0.159. The van der Waals surface area contributed by atoms with Crippen molar-refractivity contribution >= 4 is 45.4 Å². The van der Waals surface area contributed by atoms with Crippen molar-refractivity contribution in [2.45, 2.75) is 26.4 Å². The Balaban J connectivity index is 1.87. The predicted molar refractivity (Wildman–Crippen MR) is 115 cm³/mol. The van der Waals surface area contributed by atoms with Crippen LogP contribution in [0.2, 0.25) is 0 Å². The Morgan fingerprint density at radius 3 is 2.48 bits per heavy atom. The monoisotopic (exact) mass is 420 g/mol. The van der Waals surface area contributed by atoms with Crippen LogP contribution in [0.15, 0.2) is 48.9 Å². The molecule has 0 spiro atoms. The van der Waals surface area contributed by atoms with Crippen LogP contribution in [0.4, 0.5) is 22.1 Å². The first-order valence-electron chi connectivity index (χ1n) is 9.48. The van der Waals surface area contributed by atoms with Gasteiger partial charge in [-0.15, -0.1) is 0 Å². The molecule has 31 heavy (non-hydrogen) atoms. The number of amides is 1. The molecule has 10 heteroatoms. The standard InChI is InChI=1S/C21H20N6O4/c1-21(2,3)31-20(28)26(17-7-5-13(11-23-17)27(29)30)18-8-6-14-15-12-22-10-9-16(15)25(4)19(14)24-18/h5-12H,1-4H3. The number of fused-ring (bicyclic) bond motifs is 3. The maximum atomic E-state index is 13.0. The van der Waals surface area contributed by atoms with Crippen LogP contribution in [0.25, 0.3) is 21.9 Å². The normalized spacial score (nSPS) is 11.6. The predicted octanol–water partition coefficient (Wildman–Crippen LogP) is 4.50. The van der Waals surface area contributed by atoms with Crippen LogP contribution >= 0.6 is 0 Å². The minimum atomic E-state index is -0.758. The van der Waals surface area contributed by atoms with Gasteiger partial charge in [0.2, 0.25) is 0 Å². The van der Waals surface area contributed by atoms with E-state index in [-0.39, 0.29) is 17.3 Å². The number of rotatable bonds is 3. The Morgan fingerprint density at radius 2 is 1.84 bits per heavy atom. The number of aromatic nitrogens is 4. The van der Waals surface area contributed by atoms with Gasteiger partial charge in [0.1, 0.15) is 29.1 Å². The van der Waals surface area contributed by atoms with Gasteiger partial charge in [0.25, 0.3) is 5.69 Å². The molecule has 0 bridgehead atoms. The van der Waals surface area contributed by atoms with E-state index in [1.807, 2.05) is 23.7 Å². The van der Waals surface area contributed by atoms with E-state index in [1.165, 1.54) is 17.0 Å². The van der Waals surface area contributed by atoms with E-state index in [0.717, 1.165) is 22.5 Å². The van der Waals surface area contributed by atoms with Gasteiger partial charge in [0.15, 0.2) is 0 Å². The molecule has 158 valence electrons. The van der Waals surface area contributed by atoms with Crippen LogP contribution in [0.1, 0.15) is 20.8 Å². The summed E-state index contributed by atoms with van der Waals surface area (Å²) in [5.41, 5.74) is 0.659. The third kappa shape index (κ3) is 3.75. The van der Waals surface area contributed by atoms with Gasteiger partial charge < -0.3 is 9.30 Å². The minimum Gasteiger partial charge on any atom is -0.443 e. The smallest absolute Gasteiger partial charge is 0.421 e. The van der Waals surface area contributed by atoms with Gasteiger partial charge in [-0.25, -0.2) is 19.7 Å². The molecule has 0 aliphatic rings. The lowest BCUT2D eigenvalue weighted by Gasteiger charge is -2.26. The first kappa shape index (κ1) is 20.2. The fourth-order valence-corrected chi connectivity index (χ4v) is 3.26. The van der Waals surface area contributed by atoms with Crippen molar-refractivity contribution in [1.29, 1.82) is 0 Å². The van der Waals surface area contributed by atoms with Crippen LogP contribution in [0.3, 0.4) is 0 Å². The van der Waals surface area contributed by atoms with Crippen molar-refractivity contribution in [2.75, 3.05) is 4.90 Å². The quantitative estimate of drug-likeness (QED) is 0.354. The molecule has 0 fully saturated rings. The molecule has 0 aliphatic carbocycles. The number of anilines is 2. The Labute approximate surface area is 177 Å². The fourth-order valence-electron chi connectivity index (χ4n) is 3.26. The summed E-state index contributed by atoms with van der Waals surface area (Å²) in [4.78, 5) is 37.6. The average Bonchev–Trinajstić information content (AvgIpc) is 2.99.